The molecule has 0 aliphatic heterocycles. The summed E-state index contributed by atoms with van der Waals surface area (Å²) >= 11 is 0. The van der Waals surface area contributed by atoms with Crippen LogP contribution in [0.25, 0.3) is 0 Å². The SMILES string of the molecule is CCC(NC)C(C)N(CCOC)C(C)CC. The lowest BCUT2D eigenvalue weighted by molar-refractivity contribution is 0.0783. The Bertz CT molecular complexity index is 160. The Morgan fingerprint density at radius 2 is 1.81 bits per heavy atom. The minimum absolute atomic E-state index is 0.556. The Hall–Kier alpha value is -0.120. The summed E-state index contributed by atoms with van der Waals surface area (Å²) in [6.45, 7) is 10.9. The summed E-state index contributed by atoms with van der Waals surface area (Å²) in [7, 11) is 3.82. The molecule has 0 saturated carbocycles. The van der Waals surface area contributed by atoms with E-state index in [2.05, 4.69) is 45.0 Å². The van der Waals surface area contributed by atoms with Crippen molar-refractivity contribution in [1.82, 2.24) is 10.2 Å². The van der Waals surface area contributed by atoms with Gasteiger partial charge in [-0.2, -0.15) is 0 Å². The van der Waals surface area contributed by atoms with Crippen molar-refractivity contribution in [2.24, 2.45) is 0 Å². The van der Waals surface area contributed by atoms with Crippen LogP contribution in [-0.2, 0) is 4.74 Å². The van der Waals surface area contributed by atoms with Crippen molar-refractivity contribution in [2.75, 3.05) is 27.3 Å². The summed E-state index contributed by atoms with van der Waals surface area (Å²) in [4.78, 5) is 2.55. The second-order valence-electron chi connectivity index (χ2n) is 4.53. The highest BCUT2D eigenvalue weighted by Gasteiger charge is 2.23. The van der Waals surface area contributed by atoms with Crippen molar-refractivity contribution >= 4 is 0 Å². The molecule has 0 aromatic rings. The van der Waals surface area contributed by atoms with Gasteiger partial charge in [0.15, 0.2) is 0 Å². The fraction of sp³-hybridized carbons (Fsp3) is 1.00. The number of nitrogens with one attached hydrogen (secondary N) is 1. The Morgan fingerprint density at radius 1 is 1.19 bits per heavy atom. The molecule has 3 atom stereocenters. The molecule has 16 heavy (non-hydrogen) atoms. The van der Waals surface area contributed by atoms with Gasteiger partial charge >= 0.3 is 0 Å². The van der Waals surface area contributed by atoms with Crippen LogP contribution < -0.4 is 5.32 Å². The third-order valence-corrected chi connectivity index (χ3v) is 3.63. The third kappa shape index (κ3) is 4.81. The topological polar surface area (TPSA) is 24.5 Å². The van der Waals surface area contributed by atoms with E-state index < -0.39 is 0 Å². The molecular formula is C13H30N2O. The van der Waals surface area contributed by atoms with E-state index in [4.69, 9.17) is 4.74 Å². The van der Waals surface area contributed by atoms with Gasteiger partial charge in [-0.15, -0.1) is 0 Å². The van der Waals surface area contributed by atoms with Crippen LogP contribution in [0.4, 0.5) is 0 Å². The number of ether oxygens (including phenoxy) is 1. The smallest absolute Gasteiger partial charge is 0.0589 e. The lowest BCUT2D eigenvalue weighted by Gasteiger charge is -2.38. The Morgan fingerprint density at radius 3 is 2.19 bits per heavy atom. The monoisotopic (exact) mass is 230 g/mol. The quantitative estimate of drug-likeness (QED) is 0.656. The van der Waals surface area contributed by atoms with Crippen LogP contribution in [-0.4, -0.2) is 50.3 Å². The second-order valence-corrected chi connectivity index (χ2v) is 4.53. The van der Waals surface area contributed by atoms with Crippen LogP contribution >= 0.6 is 0 Å². The largest absolute Gasteiger partial charge is 0.383 e. The third-order valence-electron chi connectivity index (χ3n) is 3.63. The van der Waals surface area contributed by atoms with E-state index in [1.54, 1.807) is 7.11 Å². The van der Waals surface area contributed by atoms with Crippen molar-refractivity contribution in [3.63, 3.8) is 0 Å². The molecule has 0 radical (unpaired) electrons. The summed E-state index contributed by atoms with van der Waals surface area (Å²) in [5.74, 6) is 0. The number of hydrogen-bond acceptors (Lipinski definition) is 3. The van der Waals surface area contributed by atoms with Crippen LogP contribution in [0.15, 0.2) is 0 Å². The average Bonchev–Trinajstić information content (AvgIpc) is 2.30. The molecule has 0 amide bonds. The molecular weight excluding hydrogens is 200 g/mol. The molecule has 0 rings (SSSR count). The average molecular weight is 230 g/mol. The number of likely N-dealkylation sites (N-methyl/N-ethyl adjacent to an activating group) is 1. The molecule has 0 aliphatic carbocycles. The molecule has 0 saturated heterocycles. The minimum Gasteiger partial charge on any atom is -0.383 e. The predicted molar refractivity (Wildman–Crippen MR) is 70.9 cm³/mol. The predicted octanol–water partition coefficient (Wildman–Crippen LogP) is 2.12. The highest BCUT2D eigenvalue weighted by Crippen LogP contribution is 2.13. The molecule has 3 heteroatoms. The van der Waals surface area contributed by atoms with Crippen molar-refractivity contribution in [3.05, 3.63) is 0 Å². The van der Waals surface area contributed by atoms with Gasteiger partial charge in [0.25, 0.3) is 0 Å². The van der Waals surface area contributed by atoms with Crippen LogP contribution in [0.2, 0.25) is 0 Å². The lowest BCUT2D eigenvalue weighted by Crippen LogP contribution is -2.51. The molecule has 0 aromatic heterocycles. The Labute approximate surface area is 102 Å². The first-order valence-electron chi connectivity index (χ1n) is 6.54. The fourth-order valence-electron chi connectivity index (χ4n) is 2.27. The summed E-state index contributed by atoms with van der Waals surface area (Å²) in [5, 5.41) is 3.40. The molecule has 3 unspecified atom stereocenters. The number of hydrogen-bond donors (Lipinski definition) is 1. The summed E-state index contributed by atoms with van der Waals surface area (Å²) < 4.78 is 5.20. The van der Waals surface area contributed by atoms with Gasteiger partial charge < -0.3 is 10.1 Å². The van der Waals surface area contributed by atoms with Gasteiger partial charge in [0.1, 0.15) is 0 Å². The second kappa shape index (κ2) is 8.97. The van der Waals surface area contributed by atoms with E-state index in [-0.39, 0.29) is 0 Å². The molecule has 0 spiro atoms. The zero-order chi connectivity index (χ0) is 12.6. The molecule has 0 heterocycles. The number of nitrogens with zero attached hydrogens (tertiary/aromatic N) is 1. The van der Waals surface area contributed by atoms with Gasteiger partial charge in [0, 0.05) is 31.8 Å². The van der Waals surface area contributed by atoms with E-state index in [1.807, 2.05) is 0 Å². The summed E-state index contributed by atoms with van der Waals surface area (Å²) in [6.07, 6.45) is 2.35. The van der Waals surface area contributed by atoms with Gasteiger partial charge in [0.2, 0.25) is 0 Å². The molecule has 0 aliphatic rings. The first kappa shape index (κ1) is 15.9. The van der Waals surface area contributed by atoms with Gasteiger partial charge in [0.05, 0.1) is 6.61 Å². The van der Waals surface area contributed by atoms with Crippen LogP contribution in [0.3, 0.4) is 0 Å². The van der Waals surface area contributed by atoms with Crippen molar-refractivity contribution in [3.8, 4) is 0 Å². The standard InChI is InChI=1S/C13H30N2O/c1-7-11(3)15(9-10-16-6)12(4)13(8-2)14-5/h11-14H,7-10H2,1-6H3. The molecule has 1 N–H and O–H groups in total. The molecule has 3 nitrogen and oxygen atoms in total. The van der Waals surface area contributed by atoms with Crippen molar-refractivity contribution < 1.29 is 4.74 Å². The van der Waals surface area contributed by atoms with Crippen LogP contribution in [0.5, 0.6) is 0 Å². The first-order valence-corrected chi connectivity index (χ1v) is 6.54. The van der Waals surface area contributed by atoms with E-state index in [1.165, 1.54) is 6.42 Å². The Kier molecular flexibility index (Phi) is 8.90. The number of rotatable bonds is 9. The fourth-order valence-corrected chi connectivity index (χ4v) is 2.27. The summed E-state index contributed by atoms with van der Waals surface area (Å²) in [6, 6.07) is 1.73. The maximum Gasteiger partial charge on any atom is 0.0589 e. The normalized spacial score (nSPS) is 17.4. The van der Waals surface area contributed by atoms with E-state index >= 15 is 0 Å². The lowest BCUT2D eigenvalue weighted by atomic mass is 10.0. The van der Waals surface area contributed by atoms with Crippen LogP contribution in [0, 0.1) is 0 Å². The number of methoxy groups -OCH3 is 1. The van der Waals surface area contributed by atoms with Gasteiger partial charge in [-0.3, -0.25) is 4.90 Å². The van der Waals surface area contributed by atoms with Crippen molar-refractivity contribution in [1.29, 1.82) is 0 Å². The van der Waals surface area contributed by atoms with E-state index in [9.17, 15) is 0 Å². The maximum absolute atomic E-state index is 5.20. The Balaban J connectivity index is 4.46. The molecule has 98 valence electrons. The van der Waals surface area contributed by atoms with E-state index in [0.717, 1.165) is 19.6 Å². The van der Waals surface area contributed by atoms with Crippen molar-refractivity contribution in [2.45, 2.75) is 58.7 Å². The first-order chi connectivity index (χ1) is 7.62. The minimum atomic E-state index is 0.556. The zero-order valence-electron chi connectivity index (χ0n) is 11.9. The molecule has 0 fully saturated rings. The zero-order valence-corrected chi connectivity index (χ0v) is 11.9. The van der Waals surface area contributed by atoms with Gasteiger partial charge in [-0.1, -0.05) is 13.8 Å². The molecule has 0 bridgehead atoms. The van der Waals surface area contributed by atoms with E-state index in [0.29, 0.717) is 18.1 Å². The van der Waals surface area contributed by atoms with Gasteiger partial charge in [-0.05, 0) is 33.7 Å². The highest BCUT2D eigenvalue weighted by molar-refractivity contribution is 4.82. The maximum atomic E-state index is 5.20. The van der Waals surface area contributed by atoms with Gasteiger partial charge in [-0.25, -0.2) is 0 Å². The van der Waals surface area contributed by atoms with Crippen LogP contribution in [0.1, 0.15) is 40.5 Å². The highest BCUT2D eigenvalue weighted by atomic mass is 16.5. The molecule has 0 aromatic carbocycles. The summed E-state index contributed by atoms with van der Waals surface area (Å²) in [5.41, 5.74) is 0.